The molecule has 0 aliphatic carbocycles. The molecule has 0 aliphatic heterocycles. The molecule has 0 aliphatic rings. The van der Waals surface area contributed by atoms with Crippen molar-refractivity contribution in [2.45, 2.75) is 26.3 Å². The van der Waals surface area contributed by atoms with Gasteiger partial charge in [0.25, 0.3) is 5.56 Å². The Labute approximate surface area is 80.8 Å². The molecule has 0 saturated carbocycles. The van der Waals surface area contributed by atoms with E-state index in [1.165, 1.54) is 0 Å². The molecule has 2 aromatic rings. The van der Waals surface area contributed by atoms with Gasteiger partial charge in [0.1, 0.15) is 0 Å². The van der Waals surface area contributed by atoms with E-state index in [4.69, 9.17) is 0 Å². The van der Waals surface area contributed by atoms with E-state index >= 15 is 0 Å². The van der Waals surface area contributed by atoms with E-state index in [0.29, 0.717) is 5.52 Å². The van der Waals surface area contributed by atoms with Gasteiger partial charge in [-0.15, -0.1) is 0 Å². The van der Waals surface area contributed by atoms with E-state index in [1.807, 2.05) is 4.57 Å². The van der Waals surface area contributed by atoms with Gasteiger partial charge in [-0.3, -0.25) is 4.79 Å². The lowest BCUT2D eigenvalue weighted by atomic mass is 10.1. The average Bonchev–Trinajstić information content (AvgIpc) is 2.47. The molecule has 0 radical (unpaired) electrons. The van der Waals surface area contributed by atoms with Gasteiger partial charge in [-0.25, -0.2) is 10.1 Å². The number of H-pyrrole nitrogens is 1. The number of aromatic amines is 1. The van der Waals surface area contributed by atoms with Crippen LogP contribution < -0.4 is 5.56 Å². The monoisotopic (exact) mass is 192 g/mol. The molecule has 0 atom stereocenters. The minimum Gasteiger partial charge on any atom is -0.324 e. The molecule has 0 spiro atoms. The van der Waals surface area contributed by atoms with Crippen LogP contribution in [0.3, 0.4) is 0 Å². The fourth-order valence-electron chi connectivity index (χ4n) is 1.40. The third-order valence-corrected chi connectivity index (χ3v) is 2.10. The zero-order chi connectivity index (χ0) is 10.3. The van der Waals surface area contributed by atoms with Crippen LogP contribution in [0.25, 0.3) is 11.0 Å². The molecule has 74 valence electrons. The Balaban J connectivity index is 2.83. The summed E-state index contributed by atoms with van der Waals surface area (Å²) in [6.45, 7) is 6.15. The van der Waals surface area contributed by atoms with Crippen molar-refractivity contribution >= 4 is 11.0 Å². The van der Waals surface area contributed by atoms with Crippen molar-refractivity contribution in [2.24, 2.45) is 0 Å². The largest absolute Gasteiger partial charge is 0.324 e. The van der Waals surface area contributed by atoms with Crippen LogP contribution in [0.2, 0.25) is 0 Å². The zero-order valence-electron chi connectivity index (χ0n) is 8.40. The second-order valence-corrected chi connectivity index (χ2v) is 4.22. The first-order chi connectivity index (χ1) is 6.50. The molecule has 0 amide bonds. The maximum Gasteiger partial charge on any atom is 0.292 e. The van der Waals surface area contributed by atoms with Crippen molar-refractivity contribution in [2.75, 3.05) is 0 Å². The van der Waals surface area contributed by atoms with Crippen molar-refractivity contribution in [1.82, 2.24) is 19.7 Å². The Morgan fingerprint density at radius 3 is 2.79 bits per heavy atom. The van der Waals surface area contributed by atoms with Crippen molar-refractivity contribution in [3.63, 3.8) is 0 Å². The summed E-state index contributed by atoms with van der Waals surface area (Å²) in [6.07, 6.45) is 3.29. The molecule has 0 bridgehead atoms. The van der Waals surface area contributed by atoms with Gasteiger partial charge in [-0.2, -0.15) is 5.10 Å². The third kappa shape index (κ3) is 1.21. The first kappa shape index (κ1) is 8.93. The summed E-state index contributed by atoms with van der Waals surface area (Å²) in [7, 11) is 0. The summed E-state index contributed by atoms with van der Waals surface area (Å²) in [6, 6.07) is 0. The minimum atomic E-state index is -0.245. The number of nitrogens with one attached hydrogen (secondary N) is 1. The Bertz CT molecular complexity index is 517. The molecule has 2 aromatic heterocycles. The molecule has 1 N–H and O–H groups in total. The summed E-state index contributed by atoms with van der Waals surface area (Å²) < 4.78 is 1.94. The molecule has 5 nitrogen and oxygen atoms in total. The summed E-state index contributed by atoms with van der Waals surface area (Å²) in [5, 5.41) is 6.12. The van der Waals surface area contributed by atoms with E-state index in [2.05, 4.69) is 36.0 Å². The highest BCUT2D eigenvalue weighted by Crippen LogP contribution is 2.18. The van der Waals surface area contributed by atoms with E-state index in [9.17, 15) is 4.79 Å². The van der Waals surface area contributed by atoms with Crippen LogP contribution in [0.4, 0.5) is 0 Å². The Morgan fingerprint density at radius 2 is 2.14 bits per heavy atom. The van der Waals surface area contributed by atoms with E-state index in [-0.39, 0.29) is 11.1 Å². The minimum absolute atomic E-state index is 0.0930. The summed E-state index contributed by atoms with van der Waals surface area (Å²) in [4.78, 5) is 15.4. The van der Waals surface area contributed by atoms with Gasteiger partial charge in [-0.1, -0.05) is 0 Å². The first-order valence-electron chi connectivity index (χ1n) is 4.41. The smallest absolute Gasteiger partial charge is 0.292 e. The highest BCUT2D eigenvalue weighted by Gasteiger charge is 2.16. The fraction of sp³-hybridized carbons (Fsp3) is 0.444. The van der Waals surface area contributed by atoms with Gasteiger partial charge in [-0.05, 0) is 20.8 Å². The molecular weight excluding hydrogens is 180 g/mol. The number of rotatable bonds is 0. The number of imidazole rings is 1. The van der Waals surface area contributed by atoms with E-state index < -0.39 is 0 Å². The van der Waals surface area contributed by atoms with Crippen LogP contribution in [0.15, 0.2) is 17.3 Å². The second-order valence-electron chi connectivity index (χ2n) is 4.22. The Kier molecular flexibility index (Phi) is 1.70. The molecule has 2 rings (SSSR count). The Morgan fingerprint density at radius 1 is 1.43 bits per heavy atom. The fourth-order valence-corrected chi connectivity index (χ4v) is 1.40. The third-order valence-electron chi connectivity index (χ3n) is 2.10. The number of hydrogen-bond donors (Lipinski definition) is 1. The van der Waals surface area contributed by atoms with Gasteiger partial charge in [0.05, 0.1) is 18.0 Å². The molecule has 0 saturated heterocycles. The normalized spacial score (nSPS) is 12.2. The first-order valence-corrected chi connectivity index (χ1v) is 4.41. The summed E-state index contributed by atoms with van der Waals surface area (Å²) in [5.74, 6) is 0. The van der Waals surface area contributed by atoms with Crippen molar-refractivity contribution in [1.29, 1.82) is 0 Å². The van der Waals surface area contributed by atoms with Gasteiger partial charge in [0.15, 0.2) is 5.52 Å². The van der Waals surface area contributed by atoms with Crippen LogP contribution in [0.1, 0.15) is 20.8 Å². The lowest BCUT2D eigenvalue weighted by Crippen LogP contribution is -2.21. The number of nitrogens with zero attached hydrogens (tertiary/aromatic N) is 3. The molecule has 0 unspecified atom stereocenters. The topological polar surface area (TPSA) is 63.6 Å². The van der Waals surface area contributed by atoms with Gasteiger partial charge in [0.2, 0.25) is 0 Å². The summed E-state index contributed by atoms with van der Waals surface area (Å²) in [5.41, 5.74) is 0.867. The molecule has 2 heterocycles. The molecule has 0 fully saturated rings. The molecule has 14 heavy (non-hydrogen) atoms. The van der Waals surface area contributed by atoms with E-state index in [1.54, 1.807) is 12.5 Å². The predicted molar refractivity (Wildman–Crippen MR) is 53.1 cm³/mol. The van der Waals surface area contributed by atoms with E-state index in [0.717, 1.165) is 5.52 Å². The maximum atomic E-state index is 11.3. The number of fused-ring (bicyclic) bond motifs is 1. The predicted octanol–water partition coefficient (Wildman–Crippen LogP) is 0.875. The molecule has 5 heteroatoms. The number of aromatic nitrogens is 4. The van der Waals surface area contributed by atoms with Gasteiger partial charge >= 0.3 is 0 Å². The highest BCUT2D eigenvalue weighted by atomic mass is 16.1. The average molecular weight is 192 g/mol. The van der Waals surface area contributed by atoms with Crippen LogP contribution in [0.5, 0.6) is 0 Å². The Hall–Kier alpha value is -1.65. The van der Waals surface area contributed by atoms with Crippen molar-refractivity contribution in [3.05, 3.63) is 22.9 Å². The van der Waals surface area contributed by atoms with Crippen molar-refractivity contribution < 1.29 is 0 Å². The van der Waals surface area contributed by atoms with Crippen LogP contribution in [-0.4, -0.2) is 19.7 Å². The van der Waals surface area contributed by atoms with Crippen LogP contribution in [-0.2, 0) is 5.54 Å². The molecular formula is C9H12N4O. The van der Waals surface area contributed by atoms with Crippen molar-refractivity contribution in [3.8, 4) is 0 Å². The quantitative estimate of drug-likeness (QED) is 0.673. The van der Waals surface area contributed by atoms with Gasteiger partial charge in [0, 0.05) is 5.54 Å². The van der Waals surface area contributed by atoms with Gasteiger partial charge < -0.3 is 4.57 Å². The lowest BCUT2D eigenvalue weighted by molar-refractivity contribution is 0.408. The van der Waals surface area contributed by atoms with Crippen LogP contribution in [0, 0.1) is 0 Å². The van der Waals surface area contributed by atoms with Crippen LogP contribution >= 0.6 is 0 Å². The molecule has 0 aromatic carbocycles. The second kappa shape index (κ2) is 2.67. The SMILES string of the molecule is CC(C)(C)n1cnc2c(=O)[nH]ncc21. The standard InChI is InChI=1S/C9H12N4O/c1-9(2,3)13-5-10-7-6(13)4-11-12-8(7)14/h4-5H,1-3H3,(H,12,14). The maximum absolute atomic E-state index is 11.3. The summed E-state index contributed by atoms with van der Waals surface area (Å²) >= 11 is 0. The number of hydrogen-bond acceptors (Lipinski definition) is 3. The highest BCUT2D eigenvalue weighted by molar-refractivity contribution is 5.72. The lowest BCUT2D eigenvalue weighted by Gasteiger charge is -2.21. The zero-order valence-corrected chi connectivity index (χ0v) is 8.40.